The maximum absolute atomic E-state index is 16.1. The smallest absolute Gasteiger partial charge is 0.870 e. The molecule has 106 heavy (non-hydrogen) atoms. The molecule has 0 aliphatic carbocycles. The van der Waals surface area contributed by atoms with Gasteiger partial charge in [0.1, 0.15) is 23.7 Å². The number of carbonyl (C=O) groups is 4. The summed E-state index contributed by atoms with van der Waals surface area (Å²) in [6.07, 6.45) is -19.8. The summed E-state index contributed by atoms with van der Waals surface area (Å²) < 4.78 is 208. The molecule has 2 aromatic heterocycles. The third-order valence-corrected chi connectivity index (χ3v) is 16.9. The third-order valence-electron chi connectivity index (χ3n) is 16.9. The zero-order valence-corrected chi connectivity index (χ0v) is 64.0. The molecule has 0 aliphatic heterocycles. The molecule has 0 radical (unpaired) electrons. The van der Waals surface area contributed by atoms with Crippen molar-refractivity contribution >= 4 is 50.7 Å². The Kier molecular flexibility index (Phi) is 36.9. The van der Waals surface area contributed by atoms with Gasteiger partial charge in [-0.1, -0.05) is 63.1 Å². The average Bonchev–Trinajstić information content (AvgIpc) is 0.787. The fourth-order valence-corrected chi connectivity index (χ4v) is 12.7. The maximum atomic E-state index is 16.1. The number of aliphatic carboxylic acids is 1. The Morgan fingerprint density at radius 3 is 1.09 bits per heavy atom. The number of nitrogens with zero attached hydrogens (tertiary/aromatic N) is 4. The molecule has 6 rings (SSSR count). The number of carbonyl (C=O) groups excluding carboxylic acids is 3. The number of nitrogens with one attached hydrogen (secondary N) is 2. The van der Waals surface area contributed by atoms with Crippen LogP contribution in [0, 0.1) is 65.0 Å². The molecule has 0 aliphatic rings. The number of carboxylic acids is 1. The molecule has 6 aromatic rings. The van der Waals surface area contributed by atoms with Crippen molar-refractivity contribution in [3.8, 4) is 22.3 Å². The van der Waals surface area contributed by atoms with Gasteiger partial charge in [0.15, 0.2) is 0 Å². The Morgan fingerprint density at radius 1 is 0.509 bits per heavy atom. The minimum Gasteiger partial charge on any atom is -0.870 e. The molecule has 4 N–H and O–H groups in total. The van der Waals surface area contributed by atoms with Crippen LogP contribution >= 0.6 is 27.0 Å². The number of hydrogen-bond donors (Lipinski definition) is 3. The third kappa shape index (κ3) is 26.3. The number of esters is 1. The summed E-state index contributed by atoms with van der Waals surface area (Å²) in [7, 11) is 6.98. The number of halogens is 14. The fraction of sp³-hybridized carbons (Fsp3) is 0.486. The Bertz CT molecular complexity index is 4090. The predicted octanol–water partition coefficient (Wildman–Crippen LogP) is 13.6. The summed E-state index contributed by atoms with van der Waals surface area (Å²) in [5, 5.41) is 14.5. The van der Waals surface area contributed by atoms with Crippen LogP contribution in [-0.4, -0.2) is 101 Å². The second kappa shape index (κ2) is 40.3. The van der Waals surface area contributed by atoms with Crippen molar-refractivity contribution in [2.75, 3.05) is 47.9 Å². The summed E-state index contributed by atoms with van der Waals surface area (Å²) in [5.41, 5.74) is -5.06. The van der Waals surface area contributed by atoms with Crippen LogP contribution in [0.1, 0.15) is 175 Å². The molecule has 2 unspecified atom stereocenters. The first-order chi connectivity index (χ1) is 47.0. The maximum Gasteiger partial charge on any atom is 1.00 e. The number of alkyl halides is 12. The van der Waals surface area contributed by atoms with Crippen molar-refractivity contribution in [3.05, 3.63) is 183 Å². The van der Waals surface area contributed by atoms with E-state index in [0.717, 1.165) is 44.8 Å². The van der Waals surface area contributed by atoms with Gasteiger partial charge in [-0.3, -0.25) is 28.8 Å². The molecule has 584 valence electrons. The minimum absolute atomic E-state index is 0. The molecule has 0 fully saturated rings. The van der Waals surface area contributed by atoms with E-state index in [4.69, 9.17) is 4.74 Å². The van der Waals surface area contributed by atoms with Crippen molar-refractivity contribution < 1.29 is 115 Å². The zero-order chi connectivity index (χ0) is 77.2. The summed E-state index contributed by atoms with van der Waals surface area (Å²) >= 11 is 0. The molecule has 15 nitrogen and oxygen atoms in total. The number of carboxylic acid groups (broad SMARTS) is 1. The summed E-state index contributed by atoms with van der Waals surface area (Å²) in [5.74, 6) is -8.77. The topological polar surface area (TPSA) is 202 Å². The van der Waals surface area contributed by atoms with E-state index in [1.165, 1.54) is 6.92 Å². The van der Waals surface area contributed by atoms with Gasteiger partial charge in [-0.2, -0.15) is 79.7 Å². The van der Waals surface area contributed by atoms with Gasteiger partial charge in [-0.05, 0) is 220 Å². The largest absolute Gasteiger partial charge is 1.00 e. The second-order valence-corrected chi connectivity index (χ2v) is 27.1. The molecular weight excluding hydrogens is 1450 g/mol. The molecule has 0 bridgehead atoms. The summed E-state index contributed by atoms with van der Waals surface area (Å²) in [4.78, 5) is 82.9. The van der Waals surface area contributed by atoms with Crippen molar-refractivity contribution in [3.63, 3.8) is 0 Å². The van der Waals surface area contributed by atoms with Crippen molar-refractivity contribution in [1.82, 2.24) is 29.6 Å². The first-order valence-electron chi connectivity index (χ1n) is 33.0. The first kappa shape index (κ1) is 96.9. The van der Waals surface area contributed by atoms with Gasteiger partial charge in [0.05, 0.1) is 53.8 Å². The first-order valence-corrected chi connectivity index (χ1v) is 33.0. The van der Waals surface area contributed by atoms with E-state index >= 15 is 8.78 Å². The normalized spacial score (nSPS) is 13.0. The monoisotopic (exact) mass is 1550 g/mol. The average molecular weight is 1550 g/mol. The van der Waals surface area contributed by atoms with Crippen LogP contribution in [0.5, 0.6) is 0 Å². The molecule has 4 aromatic carbocycles. The number of pyridine rings is 2. The van der Waals surface area contributed by atoms with E-state index in [1.54, 1.807) is 125 Å². The molecule has 0 saturated carbocycles. The molecule has 4 atom stereocenters. The number of aryl methyl sites for hydroxylation is 8. The molecule has 2 heterocycles. The van der Waals surface area contributed by atoms with Gasteiger partial charge in [0.2, 0.25) is 11.8 Å². The van der Waals surface area contributed by atoms with Crippen molar-refractivity contribution in [2.45, 2.75) is 176 Å². The van der Waals surface area contributed by atoms with E-state index in [9.17, 15) is 86.6 Å². The van der Waals surface area contributed by atoms with Gasteiger partial charge in [0.25, 0.3) is 11.1 Å². The molecule has 0 spiro atoms. The van der Waals surface area contributed by atoms with Crippen LogP contribution in [0.4, 0.5) is 61.5 Å². The Morgan fingerprint density at radius 2 is 0.821 bits per heavy atom. The quantitative estimate of drug-likeness (QED) is 0.0252. The SMILES string of the molecule is CCOC(=O)C[C@H](NC(=O)C(CC(C)C)n1cc(CCCN(C)C)c(C(F)(F)F)cc1=O)c1cc(-c2c(C)cc(C)cc2C)cc(C(F)(F)F)c1F.Cc1cc(C)c(-c2cc([C@H](CC(=O)O)NC(=O)C(CC(C)C)n3cc(CCCN(C)C)c(C(F)(F)F)cc3=O)c(F)c(C(F)(F)F)c2)c(C)c1.S.S.[Li+].[OH-]. The van der Waals surface area contributed by atoms with Gasteiger partial charge in [0, 0.05) is 35.7 Å². The van der Waals surface area contributed by atoms with Gasteiger partial charge in [-0.25, -0.2) is 8.78 Å². The van der Waals surface area contributed by atoms with E-state index in [-0.39, 0.29) is 124 Å². The number of ether oxygens (including phenoxy) is 1. The summed E-state index contributed by atoms with van der Waals surface area (Å²) in [6, 6.07) is 4.72. The van der Waals surface area contributed by atoms with Crippen molar-refractivity contribution in [1.29, 1.82) is 0 Å². The number of hydrogen-bond acceptors (Lipinski definition) is 10. The Balaban J connectivity index is 0.00000102. The fourth-order valence-electron chi connectivity index (χ4n) is 12.7. The zero-order valence-electron chi connectivity index (χ0n) is 62.0. The van der Waals surface area contributed by atoms with Crippen LogP contribution in [-0.2, 0) is 61.5 Å². The number of amides is 2. The second-order valence-electron chi connectivity index (χ2n) is 27.1. The minimum atomic E-state index is -5.20. The van der Waals surface area contributed by atoms with Crippen LogP contribution in [0.15, 0.2) is 82.6 Å². The van der Waals surface area contributed by atoms with Gasteiger partial charge >= 0.3 is 55.5 Å². The van der Waals surface area contributed by atoms with Gasteiger partial charge in [-0.15, -0.1) is 0 Å². The van der Waals surface area contributed by atoms with E-state index in [1.807, 2.05) is 6.92 Å². The van der Waals surface area contributed by atoms with Gasteiger partial charge < -0.3 is 44.9 Å². The summed E-state index contributed by atoms with van der Waals surface area (Å²) in [6.45, 7) is 19.3. The Labute approximate surface area is 633 Å². The van der Waals surface area contributed by atoms with Crippen LogP contribution < -0.4 is 40.6 Å². The molecule has 0 saturated heterocycles. The molecular formula is C74H93F14LiN6O9S2. The molecule has 32 heteroatoms. The van der Waals surface area contributed by atoms with Crippen LogP contribution in [0.3, 0.4) is 0 Å². The van der Waals surface area contributed by atoms with E-state index in [0.29, 0.717) is 77.2 Å². The van der Waals surface area contributed by atoms with Crippen LogP contribution in [0.2, 0.25) is 0 Å². The van der Waals surface area contributed by atoms with Crippen LogP contribution in [0.25, 0.3) is 22.3 Å². The van der Waals surface area contributed by atoms with E-state index in [2.05, 4.69) is 10.6 Å². The number of rotatable bonds is 27. The number of benzene rings is 4. The predicted molar refractivity (Wildman–Crippen MR) is 382 cm³/mol. The van der Waals surface area contributed by atoms with E-state index < -0.39 is 142 Å². The molecule has 2 amide bonds. The standard InChI is InChI=1S/C38H46F7N3O4.C36H42F7N3O4.Li.H2O.2H2S/c1-9-52-33(50)19-30(27-16-26(17-29(35(27)39)38(43,44)45)34-23(5)14-22(4)15-24(34)6)46-36(51)31(13-21(2)3)48-20-25(11-10-12-47(7)8)28(18-32(48)49)37(40,41)42;1-19(2)11-29(46-18-23(9-8-10-45(6)7)26(16-30(46)47)35(38,39)40)34(50)44-28(17-31(48)49)25-14-24(15-27(33(25)37)36(41,42)43)32-21(4)12-20(3)13-22(32)5;;;;/h14-18,20-21,30-31H,9-13,19H2,1-8H3,(H,46,51);12-16,18-19,28-29H,8-11,17H2,1-7H3,(H,44,50)(H,48,49);;3*1H2/q;;+1;;;/p-1/t30-,31?;28-,29?;;;;/m00..../s1. The Hall–Kier alpha value is -7.14. The van der Waals surface area contributed by atoms with Crippen molar-refractivity contribution in [2.24, 2.45) is 11.8 Å². The number of aromatic nitrogens is 2.